The zero-order valence-corrected chi connectivity index (χ0v) is 15.8. The van der Waals surface area contributed by atoms with Gasteiger partial charge in [-0.15, -0.1) is 16.4 Å². The van der Waals surface area contributed by atoms with Crippen molar-refractivity contribution in [2.24, 2.45) is 0 Å². The number of urea groups is 1. The molecule has 0 aromatic carbocycles. The predicted octanol–water partition coefficient (Wildman–Crippen LogP) is 3.04. The third-order valence-electron chi connectivity index (χ3n) is 4.66. The van der Waals surface area contributed by atoms with Gasteiger partial charge in [-0.05, 0) is 30.7 Å². The van der Waals surface area contributed by atoms with Crippen LogP contribution < -0.4 is 15.8 Å². The summed E-state index contributed by atoms with van der Waals surface area (Å²) < 4.78 is 1.33. The van der Waals surface area contributed by atoms with E-state index in [-0.39, 0.29) is 5.56 Å². The van der Waals surface area contributed by atoms with Gasteiger partial charge in [0.1, 0.15) is 4.83 Å². The molecule has 4 aromatic heterocycles. The van der Waals surface area contributed by atoms with Crippen molar-refractivity contribution in [2.45, 2.75) is 6.92 Å². The third-order valence-corrected chi connectivity index (χ3v) is 5.68. The van der Waals surface area contributed by atoms with E-state index in [4.69, 9.17) is 0 Å². The van der Waals surface area contributed by atoms with Crippen LogP contribution in [0.4, 0.5) is 21.9 Å². The van der Waals surface area contributed by atoms with Gasteiger partial charge in [-0.25, -0.2) is 9.78 Å². The van der Waals surface area contributed by atoms with Crippen molar-refractivity contribution in [3.05, 3.63) is 63.7 Å². The van der Waals surface area contributed by atoms with Crippen molar-refractivity contribution in [3.8, 4) is 5.82 Å². The molecule has 10 heteroatoms. The van der Waals surface area contributed by atoms with Crippen LogP contribution in [0.25, 0.3) is 16.0 Å². The van der Waals surface area contributed by atoms with Crippen LogP contribution in [0, 0.1) is 6.92 Å². The first-order chi connectivity index (χ1) is 14.1. The number of thiophene rings is 1. The second-order valence-electron chi connectivity index (χ2n) is 6.37. The maximum absolute atomic E-state index is 13.0. The lowest BCUT2D eigenvalue weighted by Gasteiger charge is -2.29. The average molecular weight is 404 g/mol. The number of rotatable bonds is 3. The second kappa shape index (κ2) is 6.31. The first-order valence-electron chi connectivity index (χ1n) is 8.57. The fourth-order valence-electron chi connectivity index (χ4n) is 3.38. The maximum atomic E-state index is 13.0. The molecule has 0 saturated carbocycles. The number of hydrogen-bond acceptors (Lipinski definition) is 7. The number of pyridine rings is 2. The molecule has 0 fully saturated rings. The van der Waals surface area contributed by atoms with Gasteiger partial charge in [0.2, 0.25) is 0 Å². The van der Waals surface area contributed by atoms with E-state index in [0.717, 1.165) is 0 Å². The number of carbonyl (C=O) groups excluding carboxylic acids is 2. The van der Waals surface area contributed by atoms with E-state index >= 15 is 0 Å². The van der Waals surface area contributed by atoms with Gasteiger partial charge in [-0.1, -0.05) is 0 Å². The van der Waals surface area contributed by atoms with E-state index in [1.54, 1.807) is 37.5 Å². The van der Waals surface area contributed by atoms with Crippen LogP contribution in [0.1, 0.15) is 15.2 Å². The molecule has 4 aromatic rings. The Hall–Kier alpha value is -3.92. The zero-order chi connectivity index (χ0) is 20.1. The smallest absolute Gasteiger partial charge is 0.305 e. The highest BCUT2D eigenvalue weighted by Gasteiger charge is 2.32. The summed E-state index contributed by atoms with van der Waals surface area (Å²) >= 11 is 1.21. The fraction of sp³-hybridized carbons (Fsp3) is 0.0526. The van der Waals surface area contributed by atoms with Crippen molar-refractivity contribution in [2.75, 3.05) is 10.2 Å². The van der Waals surface area contributed by atoms with Gasteiger partial charge < -0.3 is 5.32 Å². The van der Waals surface area contributed by atoms with E-state index in [1.165, 1.54) is 33.1 Å². The number of anilines is 3. The summed E-state index contributed by atoms with van der Waals surface area (Å²) in [6.07, 6.45) is 5.37. The Balaban J connectivity index is 1.77. The summed E-state index contributed by atoms with van der Waals surface area (Å²) in [7, 11) is 0. The van der Waals surface area contributed by atoms with Crippen LogP contribution in [0.2, 0.25) is 0 Å². The Labute approximate surface area is 167 Å². The van der Waals surface area contributed by atoms with Crippen LogP contribution in [-0.2, 0) is 0 Å². The SMILES string of the molecule is Cc1cc(=O)n(-c2cccnn2)cc1N1C(=O)Nc2c(C=O)sc3nccc1c23. The summed E-state index contributed by atoms with van der Waals surface area (Å²) in [6.45, 7) is 1.75. The lowest BCUT2D eigenvalue weighted by Crippen LogP contribution is -2.35. The number of aryl methyl sites for hydroxylation is 1. The van der Waals surface area contributed by atoms with Crippen molar-refractivity contribution in [3.63, 3.8) is 0 Å². The average Bonchev–Trinajstić information content (AvgIpc) is 3.08. The molecule has 0 atom stereocenters. The van der Waals surface area contributed by atoms with Crippen LogP contribution in [0.15, 0.2) is 47.7 Å². The topological polar surface area (TPSA) is 110 Å². The number of hydrogen-bond donors (Lipinski definition) is 1. The fourth-order valence-corrected chi connectivity index (χ4v) is 4.31. The highest BCUT2D eigenvalue weighted by molar-refractivity contribution is 7.21. The zero-order valence-electron chi connectivity index (χ0n) is 15.0. The lowest BCUT2D eigenvalue weighted by molar-refractivity contribution is 0.112. The van der Waals surface area contributed by atoms with Crippen LogP contribution in [0.3, 0.4) is 0 Å². The highest BCUT2D eigenvalue weighted by Crippen LogP contribution is 2.45. The van der Waals surface area contributed by atoms with Crippen molar-refractivity contribution < 1.29 is 9.59 Å². The van der Waals surface area contributed by atoms with E-state index in [1.807, 2.05) is 0 Å². The Morgan fingerprint density at radius 2 is 2.03 bits per heavy atom. The van der Waals surface area contributed by atoms with Gasteiger partial charge >= 0.3 is 6.03 Å². The maximum Gasteiger partial charge on any atom is 0.331 e. The number of carbonyl (C=O) groups is 2. The highest BCUT2D eigenvalue weighted by atomic mass is 32.1. The molecule has 1 aliphatic heterocycles. The minimum Gasteiger partial charge on any atom is -0.305 e. The number of aromatic nitrogens is 4. The molecule has 29 heavy (non-hydrogen) atoms. The summed E-state index contributed by atoms with van der Waals surface area (Å²) in [5, 5.41) is 11.3. The molecule has 142 valence electrons. The van der Waals surface area contributed by atoms with E-state index in [2.05, 4.69) is 20.5 Å². The number of aldehydes is 1. The van der Waals surface area contributed by atoms with E-state index < -0.39 is 6.03 Å². The predicted molar refractivity (Wildman–Crippen MR) is 109 cm³/mol. The van der Waals surface area contributed by atoms with Crippen LogP contribution in [0.5, 0.6) is 0 Å². The van der Waals surface area contributed by atoms with Gasteiger partial charge in [0.25, 0.3) is 5.56 Å². The number of nitrogens with one attached hydrogen (secondary N) is 1. The minimum absolute atomic E-state index is 0.288. The normalized spacial score (nSPS) is 12.9. The molecule has 9 nitrogen and oxygen atoms in total. The molecule has 0 unspecified atom stereocenters. The molecule has 0 bridgehead atoms. The standard InChI is InChI=1S/C19H12N6O3S/c1-10-7-15(27)24(14-3-2-5-21-23-14)8-12(10)25-11-4-6-20-18-16(11)17(22-19(25)28)13(9-26)29-18/h2-9H,1H3,(H,22,28). The summed E-state index contributed by atoms with van der Waals surface area (Å²) in [4.78, 5) is 43.8. The molecule has 1 aliphatic rings. The first kappa shape index (κ1) is 17.2. The quantitative estimate of drug-likeness (QED) is 0.526. The van der Waals surface area contributed by atoms with Gasteiger partial charge in [0, 0.05) is 24.7 Å². The first-order valence-corrected chi connectivity index (χ1v) is 9.39. The molecule has 5 rings (SSSR count). The van der Waals surface area contributed by atoms with Crippen LogP contribution in [-0.4, -0.2) is 32.1 Å². The van der Waals surface area contributed by atoms with Gasteiger partial charge in [-0.2, -0.15) is 5.10 Å². The van der Waals surface area contributed by atoms with E-state index in [0.29, 0.717) is 49.8 Å². The van der Waals surface area contributed by atoms with Crippen LogP contribution >= 0.6 is 11.3 Å². The second-order valence-corrected chi connectivity index (χ2v) is 7.40. The van der Waals surface area contributed by atoms with Gasteiger partial charge in [-0.3, -0.25) is 19.1 Å². The molecular formula is C19H12N6O3S. The summed E-state index contributed by atoms with van der Waals surface area (Å²) in [6, 6.07) is 6.05. The molecule has 0 spiro atoms. The Morgan fingerprint density at radius 1 is 1.17 bits per heavy atom. The van der Waals surface area contributed by atoms with Gasteiger partial charge in [0.15, 0.2) is 12.1 Å². The summed E-state index contributed by atoms with van der Waals surface area (Å²) in [5.41, 5.74) is 1.88. The van der Waals surface area contributed by atoms with Gasteiger partial charge in [0.05, 0.1) is 27.3 Å². The number of nitrogens with zero attached hydrogens (tertiary/aromatic N) is 5. The summed E-state index contributed by atoms with van der Waals surface area (Å²) in [5.74, 6) is 0.343. The van der Waals surface area contributed by atoms with Crippen molar-refractivity contribution in [1.82, 2.24) is 19.7 Å². The Morgan fingerprint density at radius 3 is 2.79 bits per heavy atom. The number of amides is 2. The van der Waals surface area contributed by atoms with Crippen molar-refractivity contribution in [1.29, 1.82) is 0 Å². The lowest BCUT2D eigenvalue weighted by atomic mass is 10.1. The molecule has 5 heterocycles. The molecular weight excluding hydrogens is 392 g/mol. The van der Waals surface area contributed by atoms with Crippen molar-refractivity contribution >= 4 is 50.9 Å². The molecule has 0 aliphatic carbocycles. The molecule has 2 amide bonds. The Kier molecular flexibility index (Phi) is 3.74. The molecule has 1 N–H and O–H groups in total. The monoisotopic (exact) mass is 404 g/mol. The van der Waals surface area contributed by atoms with E-state index in [9.17, 15) is 14.4 Å². The molecule has 0 saturated heterocycles. The third kappa shape index (κ3) is 2.53. The largest absolute Gasteiger partial charge is 0.331 e. The minimum atomic E-state index is -0.432. The molecule has 0 radical (unpaired) electrons. The Bertz CT molecular complexity index is 1360.